The maximum Gasteiger partial charge on any atom is 0.303 e. The summed E-state index contributed by atoms with van der Waals surface area (Å²) < 4.78 is 13.9. The Kier molecular flexibility index (Phi) is 10.7. The summed E-state index contributed by atoms with van der Waals surface area (Å²) in [5, 5.41) is 17.6. The molecule has 0 fully saturated rings. The van der Waals surface area contributed by atoms with Crippen molar-refractivity contribution in [1.29, 1.82) is 0 Å². The fourth-order valence-corrected chi connectivity index (χ4v) is 15.9. The first-order valence-electron chi connectivity index (χ1n) is 11.3. The molecule has 0 rings (SSSR count). The summed E-state index contributed by atoms with van der Waals surface area (Å²) in [5.74, 6) is -1.53. The van der Waals surface area contributed by atoms with Gasteiger partial charge in [-0.05, 0) is 64.5 Å². The van der Waals surface area contributed by atoms with Crippen LogP contribution in [-0.2, 0) is 18.4 Å². The molecular weight excluding hydrogens is 432 g/mol. The Bertz CT molecular complexity index is 587. The first-order valence-corrected chi connectivity index (χ1v) is 20.5. The van der Waals surface area contributed by atoms with E-state index in [4.69, 9.17) is 14.0 Å². The molecule has 0 saturated heterocycles. The van der Waals surface area contributed by atoms with Crippen LogP contribution in [-0.4, -0.2) is 57.3 Å². The highest BCUT2D eigenvalue weighted by atomic mass is 28.4. The number of aliphatic carboxylic acids is 2. The maximum atomic E-state index is 11.2. The molecule has 0 aromatic carbocycles. The molecule has 0 amide bonds. The first kappa shape index (κ1) is 29.5. The molecule has 0 radical (unpaired) electrons. The Labute approximate surface area is 187 Å². The van der Waals surface area contributed by atoms with Gasteiger partial charge in [-0.2, -0.15) is 0 Å². The minimum absolute atomic E-state index is 0.130. The second-order valence-corrected chi connectivity index (χ2v) is 24.1. The van der Waals surface area contributed by atoms with Gasteiger partial charge in [-0.1, -0.05) is 33.9 Å². The Morgan fingerprint density at radius 3 is 1.57 bits per heavy atom. The third kappa shape index (κ3) is 7.58. The van der Waals surface area contributed by atoms with E-state index in [9.17, 15) is 14.7 Å². The standard InChI is InChI=1S/C21H46O6Si3/c1-11-20(4,26-29(7,8)17-15-19(24)25)30(9,10)27-21(12-2,13-3)28(5,6)16-14-18(22)23/h11-17H2,1-10H3,(H,22,23)(H,24,25). The van der Waals surface area contributed by atoms with E-state index >= 15 is 0 Å². The quantitative estimate of drug-likeness (QED) is 0.285. The molecule has 0 bridgehead atoms. The smallest absolute Gasteiger partial charge is 0.303 e. The van der Waals surface area contributed by atoms with Crippen molar-refractivity contribution in [3.05, 3.63) is 0 Å². The van der Waals surface area contributed by atoms with Crippen molar-refractivity contribution in [3.8, 4) is 0 Å². The molecule has 178 valence electrons. The lowest BCUT2D eigenvalue weighted by atomic mass is 10.2. The number of carboxylic acids is 2. The summed E-state index contributed by atoms with van der Waals surface area (Å²) >= 11 is 0. The average Bonchev–Trinajstić information content (AvgIpc) is 2.62. The zero-order valence-corrected chi connectivity index (χ0v) is 24.0. The highest BCUT2D eigenvalue weighted by Crippen LogP contribution is 2.43. The Hall–Kier alpha value is -0.489. The van der Waals surface area contributed by atoms with Crippen LogP contribution in [0.5, 0.6) is 0 Å². The molecule has 6 nitrogen and oxygen atoms in total. The fourth-order valence-electron chi connectivity index (χ4n) is 4.42. The van der Waals surface area contributed by atoms with Crippen LogP contribution >= 0.6 is 0 Å². The van der Waals surface area contributed by atoms with Crippen LogP contribution in [0.4, 0.5) is 0 Å². The second-order valence-electron chi connectivity index (χ2n) is 10.4. The Morgan fingerprint density at radius 2 is 1.20 bits per heavy atom. The fraction of sp³-hybridized carbons (Fsp3) is 0.905. The van der Waals surface area contributed by atoms with Gasteiger partial charge in [0.25, 0.3) is 0 Å². The highest BCUT2D eigenvalue weighted by Gasteiger charge is 2.55. The van der Waals surface area contributed by atoms with Gasteiger partial charge in [0.15, 0.2) is 8.32 Å². The molecule has 0 aromatic rings. The summed E-state index contributed by atoms with van der Waals surface area (Å²) in [6, 6.07) is 1.27. The number of hydrogen-bond donors (Lipinski definition) is 2. The summed E-state index contributed by atoms with van der Waals surface area (Å²) in [7, 11) is -6.64. The molecule has 0 aliphatic heterocycles. The largest absolute Gasteiger partial charge is 0.481 e. The van der Waals surface area contributed by atoms with Crippen LogP contribution in [0, 0.1) is 0 Å². The van der Waals surface area contributed by atoms with Gasteiger partial charge in [0.1, 0.15) is 0 Å². The number of rotatable bonds is 15. The normalized spacial score (nSPS) is 15.7. The topological polar surface area (TPSA) is 93.1 Å². The molecule has 0 spiro atoms. The molecular formula is C21H46O6Si3. The molecule has 2 N–H and O–H groups in total. The van der Waals surface area contributed by atoms with Gasteiger partial charge in [0.05, 0.1) is 13.3 Å². The van der Waals surface area contributed by atoms with Crippen LogP contribution < -0.4 is 0 Å². The van der Waals surface area contributed by atoms with E-state index in [1.807, 2.05) is 0 Å². The van der Waals surface area contributed by atoms with Crippen LogP contribution in [0.3, 0.4) is 0 Å². The van der Waals surface area contributed by atoms with Gasteiger partial charge in [-0.25, -0.2) is 0 Å². The van der Waals surface area contributed by atoms with Gasteiger partial charge in [0.2, 0.25) is 8.32 Å². The van der Waals surface area contributed by atoms with Crippen molar-refractivity contribution in [2.45, 2.75) is 122 Å². The van der Waals surface area contributed by atoms with E-state index in [-0.39, 0.29) is 18.1 Å². The predicted octanol–water partition coefficient (Wildman–Crippen LogP) is 5.89. The third-order valence-corrected chi connectivity index (χ3v) is 18.7. The van der Waals surface area contributed by atoms with Gasteiger partial charge in [-0.15, -0.1) is 0 Å². The number of hydrogen-bond acceptors (Lipinski definition) is 4. The lowest BCUT2D eigenvalue weighted by molar-refractivity contribution is -0.137. The van der Waals surface area contributed by atoms with E-state index in [1.165, 1.54) is 0 Å². The SMILES string of the molecule is CCC(CC)(O[Si](C)(C)C(C)(CC)O[Si](C)(C)CCC(=O)O)[Si](C)(C)CCC(=O)O. The second kappa shape index (κ2) is 10.9. The van der Waals surface area contributed by atoms with Crippen molar-refractivity contribution in [3.63, 3.8) is 0 Å². The Balaban J connectivity index is 5.89. The van der Waals surface area contributed by atoms with Crippen LogP contribution in [0.25, 0.3) is 0 Å². The minimum atomic E-state index is -2.41. The van der Waals surface area contributed by atoms with Crippen LogP contribution in [0.15, 0.2) is 0 Å². The van der Waals surface area contributed by atoms with E-state index in [0.29, 0.717) is 12.1 Å². The molecule has 30 heavy (non-hydrogen) atoms. The monoisotopic (exact) mass is 478 g/mol. The zero-order chi connectivity index (χ0) is 24.0. The number of carbonyl (C=O) groups is 2. The van der Waals surface area contributed by atoms with Crippen molar-refractivity contribution in [1.82, 2.24) is 0 Å². The molecule has 0 aliphatic rings. The minimum Gasteiger partial charge on any atom is -0.481 e. The summed E-state index contributed by atoms with van der Waals surface area (Å²) in [6.45, 7) is 21.7. The molecule has 0 aromatic heterocycles. The highest BCUT2D eigenvalue weighted by molar-refractivity contribution is 6.83. The van der Waals surface area contributed by atoms with E-state index in [2.05, 4.69) is 67.0 Å². The van der Waals surface area contributed by atoms with Crippen LogP contribution in [0.2, 0.25) is 51.4 Å². The summed E-state index contributed by atoms with van der Waals surface area (Å²) in [6.07, 6.45) is 2.83. The van der Waals surface area contributed by atoms with E-state index in [0.717, 1.165) is 19.3 Å². The van der Waals surface area contributed by atoms with Gasteiger partial charge >= 0.3 is 11.9 Å². The average molecular weight is 479 g/mol. The maximum absolute atomic E-state index is 11.2. The molecule has 0 aliphatic carbocycles. The van der Waals surface area contributed by atoms with Crippen molar-refractivity contribution >= 4 is 36.6 Å². The molecule has 0 heterocycles. The van der Waals surface area contributed by atoms with Gasteiger partial charge < -0.3 is 19.1 Å². The zero-order valence-electron chi connectivity index (χ0n) is 21.0. The van der Waals surface area contributed by atoms with Crippen molar-refractivity contribution in [2.75, 3.05) is 0 Å². The van der Waals surface area contributed by atoms with E-state index < -0.39 is 41.9 Å². The van der Waals surface area contributed by atoms with Crippen LogP contribution in [0.1, 0.15) is 59.8 Å². The molecule has 1 atom stereocenters. The van der Waals surface area contributed by atoms with Crippen molar-refractivity contribution < 1.29 is 28.7 Å². The van der Waals surface area contributed by atoms with Crippen molar-refractivity contribution in [2.24, 2.45) is 0 Å². The Morgan fingerprint density at radius 1 is 0.767 bits per heavy atom. The summed E-state index contributed by atoms with van der Waals surface area (Å²) in [4.78, 5) is 22.3. The lowest BCUT2D eigenvalue weighted by Gasteiger charge is -2.54. The van der Waals surface area contributed by atoms with E-state index in [1.54, 1.807) is 0 Å². The number of carboxylic acid groups (broad SMARTS) is 2. The van der Waals surface area contributed by atoms with Gasteiger partial charge in [0, 0.05) is 18.1 Å². The third-order valence-electron chi connectivity index (χ3n) is 7.18. The molecule has 9 heteroatoms. The molecule has 1 unspecified atom stereocenters. The first-order chi connectivity index (χ1) is 13.4. The summed E-state index contributed by atoms with van der Waals surface area (Å²) in [5.41, 5.74) is 0. The predicted molar refractivity (Wildman–Crippen MR) is 131 cm³/mol. The lowest BCUT2D eigenvalue weighted by Crippen LogP contribution is -2.67. The molecule has 0 saturated carbocycles. The van der Waals surface area contributed by atoms with Gasteiger partial charge in [-0.3, -0.25) is 9.59 Å².